The van der Waals surface area contributed by atoms with Crippen LogP contribution in [-0.2, 0) is 21.9 Å². The average Bonchev–Trinajstić information content (AvgIpc) is 2.71. The van der Waals surface area contributed by atoms with Gasteiger partial charge < -0.3 is 10.2 Å². The van der Waals surface area contributed by atoms with Crippen molar-refractivity contribution in [1.29, 1.82) is 0 Å². The summed E-state index contributed by atoms with van der Waals surface area (Å²) < 4.78 is 0. The van der Waals surface area contributed by atoms with Crippen molar-refractivity contribution in [2.75, 3.05) is 12.3 Å². The molecule has 0 heterocycles. The second kappa shape index (κ2) is 12.2. The van der Waals surface area contributed by atoms with Gasteiger partial charge in [0, 0.05) is 34.5 Å². The second-order valence-corrected chi connectivity index (χ2v) is 8.76. The van der Waals surface area contributed by atoms with E-state index >= 15 is 0 Å². The lowest BCUT2D eigenvalue weighted by Crippen LogP contribution is -2.49. The van der Waals surface area contributed by atoms with E-state index in [2.05, 4.69) is 24.4 Å². The first kappa shape index (κ1) is 24.6. The third-order valence-corrected chi connectivity index (χ3v) is 6.55. The fourth-order valence-electron chi connectivity index (χ4n) is 3.17. The third kappa shape index (κ3) is 6.66. The Morgan fingerprint density at radius 1 is 1.07 bits per heavy atom. The maximum atomic E-state index is 13.2. The van der Waals surface area contributed by atoms with Crippen LogP contribution in [-0.4, -0.2) is 35.1 Å². The molecule has 4 nitrogen and oxygen atoms in total. The van der Waals surface area contributed by atoms with E-state index in [4.69, 9.17) is 23.2 Å². The summed E-state index contributed by atoms with van der Waals surface area (Å²) in [5.41, 5.74) is 3.05. The monoisotopic (exact) mass is 466 g/mol. The Morgan fingerprint density at radius 3 is 2.33 bits per heavy atom. The Kier molecular flexibility index (Phi) is 10.0. The van der Waals surface area contributed by atoms with Crippen molar-refractivity contribution in [3.63, 3.8) is 0 Å². The Hall–Kier alpha value is -1.69. The molecule has 0 radical (unpaired) electrons. The van der Waals surface area contributed by atoms with Crippen LogP contribution in [0, 0.1) is 6.92 Å². The molecule has 2 rings (SSSR count). The number of amides is 2. The molecular weight excluding hydrogens is 439 g/mol. The van der Waals surface area contributed by atoms with Gasteiger partial charge in [0.05, 0.1) is 5.75 Å². The molecule has 1 N–H and O–H groups in total. The van der Waals surface area contributed by atoms with Crippen LogP contribution in [0.3, 0.4) is 0 Å². The molecule has 0 aliphatic heterocycles. The van der Waals surface area contributed by atoms with Crippen LogP contribution < -0.4 is 5.32 Å². The van der Waals surface area contributed by atoms with Crippen molar-refractivity contribution in [2.24, 2.45) is 0 Å². The molecule has 2 aromatic carbocycles. The van der Waals surface area contributed by atoms with E-state index in [0.29, 0.717) is 28.6 Å². The topological polar surface area (TPSA) is 49.4 Å². The molecule has 1 atom stereocenters. The lowest BCUT2D eigenvalue weighted by molar-refractivity contribution is -0.139. The van der Waals surface area contributed by atoms with Crippen LogP contribution in [0.2, 0.25) is 10.0 Å². The van der Waals surface area contributed by atoms with Gasteiger partial charge in [0.15, 0.2) is 0 Å². The summed E-state index contributed by atoms with van der Waals surface area (Å²) in [6.07, 6.45) is 0.502. The molecule has 2 aromatic rings. The average molecular weight is 467 g/mol. The van der Waals surface area contributed by atoms with E-state index in [-0.39, 0.29) is 24.1 Å². The number of hydrogen-bond acceptors (Lipinski definition) is 3. The van der Waals surface area contributed by atoms with Crippen molar-refractivity contribution in [3.05, 3.63) is 69.2 Å². The maximum absolute atomic E-state index is 13.2. The Bertz CT molecular complexity index is 856. The molecule has 0 saturated carbocycles. The molecule has 0 aliphatic carbocycles. The summed E-state index contributed by atoms with van der Waals surface area (Å²) in [7, 11) is 0. The number of carbonyl (C=O) groups is 2. The van der Waals surface area contributed by atoms with Crippen molar-refractivity contribution in [2.45, 2.75) is 45.5 Å². The Morgan fingerprint density at radius 2 is 1.73 bits per heavy atom. The van der Waals surface area contributed by atoms with Gasteiger partial charge >= 0.3 is 0 Å². The van der Waals surface area contributed by atoms with Crippen LogP contribution in [0.15, 0.2) is 42.5 Å². The van der Waals surface area contributed by atoms with E-state index in [1.807, 2.05) is 26.0 Å². The van der Waals surface area contributed by atoms with E-state index in [0.717, 1.165) is 5.75 Å². The number of carbonyl (C=O) groups excluding carboxylic acids is 2. The maximum Gasteiger partial charge on any atom is 0.242 e. The van der Waals surface area contributed by atoms with Gasteiger partial charge in [0.2, 0.25) is 11.8 Å². The molecule has 2 amide bonds. The summed E-state index contributed by atoms with van der Waals surface area (Å²) in [6.45, 7) is 6.52. The number of benzene rings is 2. The fourth-order valence-corrected chi connectivity index (χ4v) is 4.67. The number of nitrogens with one attached hydrogen (secondary N) is 1. The number of thioether (sulfide) groups is 1. The summed E-state index contributed by atoms with van der Waals surface area (Å²) in [5.74, 6) is 0.728. The molecule has 0 aliphatic rings. The van der Waals surface area contributed by atoms with Gasteiger partial charge in [-0.1, -0.05) is 60.5 Å². The minimum Gasteiger partial charge on any atom is -0.355 e. The first-order valence-corrected chi connectivity index (χ1v) is 11.9. The molecule has 0 aromatic heterocycles. The van der Waals surface area contributed by atoms with E-state index in [1.54, 1.807) is 23.1 Å². The minimum atomic E-state index is -0.580. The Labute approximate surface area is 193 Å². The van der Waals surface area contributed by atoms with E-state index < -0.39 is 6.04 Å². The predicted molar refractivity (Wildman–Crippen MR) is 127 cm³/mol. The van der Waals surface area contributed by atoms with Gasteiger partial charge in [-0.3, -0.25) is 9.59 Å². The zero-order valence-electron chi connectivity index (χ0n) is 17.6. The highest BCUT2D eigenvalue weighted by Crippen LogP contribution is 2.27. The van der Waals surface area contributed by atoms with Crippen LogP contribution in [0.5, 0.6) is 0 Å². The standard InChI is InChI=1S/C23H28Cl2N2O2S/c1-4-21(23(29)26-5-2)27(13-18-19(24)11-8-12-20(18)25)22(28)15-30-14-17-10-7-6-9-16(17)3/h6-12,21H,4-5,13-15H2,1-3H3,(H,26,29)/t21-/m1/s1. The first-order chi connectivity index (χ1) is 14.4. The third-order valence-electron chi connectivity index (χ3n) is 4.87. The van der Waals surface area contributed by atoms with E-state index in [1.165, 1.54) is 22.9 Å². The van der Waals surface area contributed by atoms with Gasteiger partial charge in [-0.2, -0.15) is 0 Å². The van der Waals surface area contributed by atoms with Crippen LogP contribution in [0.1, 0.15) is 37.0 Å². The van der Waals surface area contributed by atoms with E-state index in [9.17, 15) is 9.59 Å². The number of halogens is 2. The molecule has 0 unspecified atom stereocenters. The van der Waals surface area contributed by atoms with Gasteiger partial charge in [-0.15, -0.1) is 11.8 Å². The highest BCUT2D eigenvalue weighted by atomic mass is 35.5. The first-order valence-electron chi connectivity index (χ1n) is 10.0. The largest absolute Gasteiger partial charge is 0.355 e. The normalized spacial score (nSPS) is 11.8. The number of nitrogens with zero attached hydrogens (tertiary/aromatic N) is 1. The quantitative estimate of drug-likeness (QED) is 0.504. The molecule has 0 bridgehead atoms. The van der Waals surface area contributed by atoms with Gasteiger partial charge in [-0.25, -0.2) is 0 Å². The van der Waals surface area contributed by atoms with Crippen molar-refractivity contribution >= 4 is 46.8 Å². The SMILES string of the molecule is CCNC(=O)[C@@H](CC)N(Cc1c(Cl)cccc1Cl)C(=O)CSCc1ccccc1C. The smallest absolute Gasteiger partial charge is 0.242 e. The highest BCUT2D eigenvalue weighted by molar-refractivity contribution is 7.99. The second-order valence-electron chi connectivity index (χ2n) is 6.96. The van der Waals surface area contributed by atoms with Gasteiger partial charge in [0.25, 0.3) is 0 Å². The summed E-state index contributed by atoms with van der Waals surface area (Å²) in [4.78, 5) is 27.4. The molecule has 0 saturated heterocycles. The molecule has 162 valence electrons. The molecular formula is C23H28Cl2N2O2S. The summed E-state index contributed by atoms with van der Waals surface area (Å²) >= 11 is 14.2. The lowest BCUT2D eigenvalue weighted by Gasteiger charge is -2.31. The fraction of sp³-hybridized carbons (Fsp3) is 0.391. The van der Waals surface area contributed by atoms with Gasteiger partial charge in [-0.05, 0) is 43.5 Å². The Balaban J connectivity index is 2.19. The lowest BCUT2D eigenvalue weighted by atomic mass is 10.1. The van der Waals surface area contributed by atoms with Crippen LogP contribution >= 0.6 is 35.0 Å². The number of aryl methyl sites for hydroxylation is 1. The number of rotatable bonds is 10. The van der Waals surface area contributed by atoms with Crippen LogP contribution in [0.25, 0.3) is 0 Å². The summed E-state index contributed by atoms with van der Waals surface area (Å²) in [5, 5.41) is 3.80. The number of likely N-dealkylation sites (N-methyl/N-ethyl adjacent to an activating group) is 1. The molecule has 30 heavy (non-hydrogen) atoms. The van der Waals surface area contributed by atoms with Crippen molar-refractivity contribution < 1.29 is 9.59 Å². The van der Waals surface area contributed by atoms with Crippen LogP contribution in [0.4, 0.5) is 0 Å². The molecule has 0 spiro atoms. The minimum absolute atomic E-state index is 0.109. The zero-order valence-corrected chi connectivity index (χ0v) is 19.9. The molecule has 7 heteroatoms. The van der Waals surface area contributed by atoms with Gasteiger partial charge in [0.1, 0.15) is 6.04 Å². The predicted octanol–water partition coefficient (Wildman–Crippen LogP) is 5.48. The summed E-state index contributed by atoms with van der Waals surface area (Å²) in [6, 6.07) is 12.8. The van der Waals surface area contributed by atoms with Crippen molar-refractivity contribution in [3.8, 4) is 0 Å². The van der Waals surface area contributed by atoms with Crippen molar-refractivity contribution in [1.82, 2.24) is 10.2 Å². The molecule has 0 fully saturated rings. The number of hydrogen-bond donors (Lipinski definition) is 1. The zero-order chi connectivity index (χ0) is 22.1. The highest BCUT2D eigenvalue weighted by Gasteiger charge is 2.29.